The number of hydrogen-bond acceptors (Lipinski definition) is 4. The van der Waals surface area contributed by atoms with Gasteiger partial charge in [0.15, 0.2) is 0 Å². The minimum Gasteiger partial charge on any atom is -0.337 e. The number of nitrogens with zero attached hydrogens (tertiary/aromatic N) is 4. The van der Waals surface area contributed by atoms with Gasteiger partial charge in [0.05, 0.1) is 6.33 Å². The van der Waals surface area contributed by atoms with Crippen LogP contribution in [-0.4, -0.2) is 43.6 Å². The minimum atomic E-state index is 0.0102. The zero-order valence-electron chi connectivity index (χ0n) is 14.4. The number of piperidine rings is 1. The number of H-pyrrole nitrogens is 1. The molecule has 25 heavy (non-hydrogen) atoms. The van der Waals surface area contributed by atoms with E-state index in [9.17, 15) is 9.59 Å². The molecule has 4 rings (SSSR count). The summed E-state index contributed by atoms with van der Waals surface area (Å²) in [7, 11) is 0. The number of aryl methyl sites for hydroxylation is 1. The average Bonchev–Trinajstić information content (AvgIpc) is 3.36. The maximum absolute atomic E-state index is 12.6. The number of carbonyl (C=O) groups is 1. The van der Waals surface area contributed by atoms with Gasteiger partial charge >= 0.3 is 0 Å². The smallest absolute Gasteiger partial charge is 0.274 e. The molecule has 7 nitrogen and oxygen atoms in total. The molecule has 132 valence electrons. The highest BCUT2D eigenvalue weighted by Crippen LogP contribution is 2.39. The molecule has 0 unspecified atom stereocenters. The fourth-order valence-corrected chi connectivity index (χ4v) is 3.50. The van der Waals surface area contributed by atoms with E-state index in [1.807, 2.05) is 11.0 Å². The molecule has 0 spiro atoms. The van der Waals surface area contributed by atoms with Crippen LogP contribution in [0.25, 0.3) is 0 Å². The van der Waals surface area contributed by atoms with E-state index in [1.54, 1.807) is 24.0 Å². The molecule has 7 heteroatoms. The molecule has 2 fully saturated rings. The van der Waals surface area contributed by atoms with Crippen LogP contribution in [0.15, 0.2) is 23.4 Å². The summed E-state index contributed by atoms with van der Waals surface area (Å²) in [6.45, 7) is 3.88. The van der Waals surface area contributed by atoms with Crippen LogP contribution in [-0.2, 0) is 6.54 Å². The van der Waals surface area contributed by atoms with Crippen molar-refractivity contribution in [2.45, 2.75) is 45.1 Å². The summed E-state index contributed by atoms with van der Waals surface area (Å²) in [5, 5.41) is 7.19. The van der Waals surface area contributed by atoms with Gasteiger partial charge in [-0.3, -0.25) is 19.3 Å². The van der Waals surface area contributed by atoms with Crippen LogP contribution in [0, 0.1) is 12.8 Å². The second-order valence-corrected chi connectivity index (χ2v) is 7.25. The van der Waals surface area contributed by atoms with Crippen LogP contribution in [0.5, 0.6) is 0 Å². The van der Waals surface area contributed by atoms with Crippen molar-refractivity contribution in [3.8, 4) is 0 Å². The maximum atomic E-state index is 12.6. The quantitative estimate of drug-likeness (QED) is 0.917. The summed E-state index contributed by atoms with van der Waals surface area (Å²) in [6.07, 6.45) is 7.37. The van der Waals surface area contributed by atoms with Crippen LogP contribution in [0.4, 0.5) is 0 Å². The van der Waals surface area contributed by atoms with Gasteiger partial charge in [-0.1, -0.05) is 0 Å². The third-order valence-electron chi connectivity index (χ3n) is 5.26. The molecule has 1 amide bonds. The zero-order chi connectivity index (χ0) is 17.4. The monoisotopic (exact) mass is 341 g/mol. The summed E-state index contributed by atoms with van der Waals surface area (Å²) in [5.74, 6) is 0.976. The van der Waals surface area contributed by atoms with E-state index in [2.05, 4.69) is 15.2 Å². The van der Waals surface area contributed by atoms with Crippen LogP contribution >= 0.6 is 0 Å². The van der Waals surface area contributed by atoms with Crippen molar-refractivity contribution in [1.82, 2.24) is 24.6 Å². The molecular weight excluding hydrogens is 318 g/mol. The molecule has 0 bridgehead atoms. The highest BCUT2D eigenvalue weighted by molar-refractivity contribution is 5.92. The molecule has 0 atom stereocenters. The second-order valence-electron chi connectivity index (χ2n) is 7.25. The van der Waals surface area contributed by atoms with Gasteiger partial charge in [-0.2, -0.15) is 5.10 Å². The Bertz CT molecular complexity index is 828. The van der Waals surface area contributed by atoms with Crippen molar-refractivity contribution < 1.29 is 4.79 Å². The fraction of sp³-hybridized carbons (Fsp3) is 0.556. The number of likely N-dealkylation sites (tertiary alicyclic amines) is 1. The van der Waals surface area contributed by atoms with Gasteiger partial charge in [-0.05, 0) is 44.6 Å². The second kappa shape index (κ2) is 6.46. The number of amides is 1. The summed E-state index contributed by atoms with van der Waals surface area (Å²) < 4.78 is 1.69. The molecular formula is C18H23N5O2. The molecule has 1 aliphatic heterocycles. The van der Waals surface area contributed by atoms with Crippen LogP contribution in [0.3, 0.4) is 0 Å². The van der Waals surface area contributed by atoms with E-state index in [1.165, 1.54) is 12.8 Å². The van der Waals surface area contributed by atoms with Crippen LogP contribution < -0.4 is 5.56 Å². The topological polar surface area (TPSA) is 83.9 Å². The predicted octanol–water partition coefficient (Wildman–Crippen LogP) is 1.70. The van der Waals surface area contributed by atoms with Gasteiger partial charge < -0.3 is 4.90 Å². The maximum Gasteiger partial charge on any atom is 0.274 e. The average molecular weight is 341 g/mol. The molecule has 2 aromatic heterocycles. The highest BCUT2D eigenvalue weighted by atomic mass is 16.2. The Morgan fingerprint density at radius 2 is 2.04 bits per heavy atom. The number of rotatable bonds is 4. The van der Waals surface area contributed by atoms with Crippen LogP contribution in [0.2, 0.25) is 0 Å². The lowest BCUT2D eigenvalue weighted by molar-refractivity contribution is 0.0676. The van der Waals surface area contributed by atoms with Gasteiger partial charge in [-0.25, -0.2) is 4.98 Å². The molecule has 0 aromatic carbocycles. The first-order valence-electron chi connectivity index (χ1n) is 8.97. The van der Waals surface area contributed by atoms with Gasteiger partial charge in [0.2, 0.25) is 0 Å². The Morgan fingerprint density at radius 1 is 1.28 bits per heavy atom. The summed E-state index contributed by atoms with van der Waals surface area (Å²) in [4.78, 5) is 30.7. The van der Waals surface area contributed by atoms with E-state index in [0.717, 1.165) is 18.5 Å². The first-order valence-corrected chi connectivity index (χ1v) is 8.97. The van der Waals surface area contributed by atoms with E-state index < -0.39 is 0 Å². The lowest BCUT2D eigenvalue weighted by Crippen LogP contribution is -2.40. The van der Waals surface area contributed by atoms with Gasteiger partial charge in [0.25, 0.3) is 11.5 Å². The first kappa shape index (κ1) is 16.1. The zero-order valence-corrected chi connectivity index (χ0v) is 14.4. The number of carbonyl (C=O) groups excluding carboxylic acids is 1. The Hall–Kier alpha value is -2.44. The molecule has 2 aromatic rings. The van der Waals surface area contributed by atoms with Crippen molar-refractivity contribution in [1.29, 1.82) is 0 Å². The Balaban J connectivity index is 1.35. The normalized spacial score (nSPS) is 18.5. The molecule has 1 aliphatic carbocycles. The minimum absolute atomic E-state index is 0.0102. The predicted molar refractivity (Wildman–Crippen MR) is 92.4 cm³/mol. The number of hydrogen-bond donors (Lipinski definition) is 1. The van der Waals surface area contributed by atoms with Gasteiger partial charge in [0, 0.05) is 43.0 Å². The van der Waals surface area contributed by atoms with E-state index in [0.29, 0.717) is 42.7 Å². The largest absolute Gasteiger partial charge is 0.337 e. The Morgan fingerprint density at radius 3 is 2.76 bits per heavy atom. The van der Waals surface area contributed by atoms with Crippen molar-refractivity contribution in [2.75, 3.05) is 13.1 Å². The van der Waals surface area contributed by atoms with Gasteiger partial charge in [-0.15, -0.1) is 0 Å². The third-order valence-corrected chi connectivity index (χ3v) is 5.26. The Kier molecular flexibility index (Phi) is 4.15. The van der Waals surface area contributed by atoms with Crippen molar-refractivity contribution >= 4 is 5.91 Å². The molecule has 1 saturated heterocycles. The fourth-order valence-electron chi connectivity index (χ4n) is 3.50. The highest BCUT2D eigenvalue weighted by Gasteiger charge is 2.29. The van der Waals surface area contributed by atoms with E-state index in [-0.39, 0.29) is 11.5 Å². The third kappa shape index (κ3) is 3.36. The van der Waals surface area contributed by atoms with Crippen molar-refractivity contribution in [2.24, 2.45) is 5.92 Å². The van der Waals surface area contributed by atoms with E-state index >= 15 is 0 Å². The lowest BCUT2D eigenvalue weighted by Gasteiger charge is -2.31. The van der Waals surface area contributed by atoms with Gasteiger partial charge in [0.1, 0.15) is 5.69 Å². The molecule has 2 aliphatic rings. The Labute approximate surface area is 146 Å². The SMILES string of the molecule is Cc1cncn(CC2CCN(C(=O)c3cc(C4CC4)[nH]n3)CC2)c1=O. The first-order chi connectivity index (χ1) is 12.1. The summed E-state index contributed by atoms with van der Waals surface area (Å²) in [5.41, 5.74) is 2.31. The molecule has 1 N–H and O–H groups in total. The summed E-state index contributed by atoms with van der Waals surface area (Å²) >= 11 is 0. The number of aromatic amines is 1. The van der Waals surface area contributed by atoms with Crippen molar-refractivity contribution in [3.05, 3.63) is 45.9 Å². The molecule has 1 saturated carbocycles. The lowest BCUT2D eigenvalue weighted by atomic mass is 9.96. The number of aromatic nitrogens is 4. The molecule has 0 radical (unpaired) electrons. The number of nitrogens with one attached hydrogen (secondary N) is 1. The standard InChI is InChI=1S/C18H23N5O2/c1-12-9-19-11-23(17(12)24)10-13-4-6-22(7-5-13)18(25)16-8-15(20-21-16)14-2-3-14/h8-9,11,13-14H,2-7,10H2,1H3,(H,20,21). The summed E-state index contributed by atoms with van der Waals surface area (Å²) in [6, 6.07) is 1.91. The van der Waals surface area contributed by atoms with E-state index in [4.69, 9.17) is 0 Å². The van der Waals surface area contributed by atoms with Crippen molar-refractivity contribution in [3.63, 3.8) is 0 Å². The van der Waals surface area contributed by atoms with Crippen LogP contribution in [0.1, 0.15) is 53.3 Å². The molecule has 3 heterocycles.